The molecule has 1 atom stereocenters. The maximum absolute atomic E-state index is 14.0. The number of aromatic nitrogens is 2. The van der Waals surface area contributed by atoms with Crippen LogP contribution in [0.3, 0.4) is 0 Å². The van der Waals surface area contributed by atoms with Crippen molar-refractivity contribution >= 4 is 54.0 Å². The van der Waals surface area contributed by atoms with E-state index in [0.29, 0.717) is 46.5 Å². The topological polar surface area (TPSA) is 92.7 Å². The summed E-state index contributed by atoms with van der Waals surface area (Å²) >= 11 is 2.63. The van der Waals surface area contributed by atoms with Crippen molar-refractivity contribution in [1.29, 1.82) is 0 Å². The van der Waals surface area contributed by atoms with Gasteiger partial charge in [-0.05, 0) is 54.5 Å². The van der Waals surface area contributed by atoms with Crippen LogP contribution in [0.4, 0.5) is 5.13 Å². The van der Waals surface area contributed by atoms with Gasteiger partial charge in [0.2, 0.25) is 5.91 Å². The van der Waals surface area contributed by atoms with Gasteiger partial charge >= 0.3 is 0 Å². The van der Waals surface area contributed by atoms with Crippen molar-refractivity contribution in [2.24, 2.45) is 5.92 Å². The largest absolute Gasteiger partial charge is 0.494 e. The van der Waals surface area contributed by atoms with Crippen LogP contribution in [0.25, 0.3) is 10.2 Å². The number of sulfonamides is 1. The summed E-state index contributed by atoms with van der Waals surface area (Å²) in [5.74, 6) is 0.0403. The van der Waals surface area contributed by atoms with E-state index >= 15 is 0 Å². The lowest BCUT2D eigenvalue weighted by atomic mass is 9.98. The van der Waals surface area contributed by atoms with Crippen molar-refractivity contribution in [1.82, 2.24) is 14.3 Å². The first kappa shape index (κ1) is 24.8. The van der Waals surface area contributed by atoms with Gasteiger partial charge in [-0.3, -0.25) is 14.7 Å². The van der Waals surface area contributed by atoms with Gasteiger partial charge in [-0.1, -0.05) is 29.5 Å². The highest BCUT2D eigenvalue weighted by atomic mass is 32.2. The van der Waals surface area contributed by atoms with Crippen molar-refractivity contribution in [3.05, 3.63) is 65.3 Å². The minimum Gasteiger partial charge on any atom is -0.494 e. The summed E-state index contributed by atoms with van der Waals surface area (Å²) in [5.41, 5.74) is 2.63. The second kappa shape index (κ2) is 10.3. The number of rotatable bonds is 7. The van der Waals surface area contributed by atoms with Gasteiger partial charge in [0.05, 0.1) is 24.3 Å². The highest BCUT2D eigenvalue weighted by molar-refractivity contribution is 7.91. The number of amides is 1. The lowest BCUT2D eigenvalue weighted by molar-refractivity contribution is -0.123. The number of hydrogen-bond acceptors (Lipinski definition) is 8. The third-order valence-electron chi connectivity index (χ3n) is 6.30. The van der Waals surface area contributed by atoms with Gasteiger partial charge in [0.1, 0.15) is 15.5 Å². The zero-order chi connectivity index (χ0) is 25.3. The summed E-state index contributed by atoms with van der Waals surface area (Å²) in [6, 6.07) is 10.9. The first-order chi connectivity index (χ1) is 17.4. The van der Waals surface area contributed by atoms with Crippen molar-refractivity contribution < 1.29 is 17.9 Å². The summed E-state index contributed by atoms with van der Waals surface area (Å²) in [4.78, 5) is 24.7. The Morgan fingerprint density at radius 1 is 1.25 bits per heavy atom. The summed E-state index contributed by atoms with van der Waals surface area (Å²) in [5, 5.41) is 2.31. The molecule has 1 aliphatic heterocycles. The monoisotopic (exact) mass is 542 g/mol. The third-order valence-corrected chi connectivity index (χ3v) is 10.7. The normalized spacial score (nSPS) is 16.8. The zero-order valence-corrected chi connectivity index (χ0v) is 22.4. The van der Waals surface area contributed by atoms with Gasteiger partial charge in [-0.2, -0.15) is 4.31 Å². The van der Waals surface area contributed by atoms with Crippen LogP contribution in [0, 0.1) is 12.8 Å². The molecule has 1 amide bonds. The predicted octanol–water partition coefficient (Wildman–Crippen LogP) is 4.70. The van der Waals surface area contributed by atoms with Crippen molar-refractivity contribution in [3.8, 4) is 5.75 Å². The van der Waals surface area contributed by atoms with E-state index in [1.165, 1.54) is 27.0 Å². The second-order valence-corrected chi connectivity index (χ2v) is 12.8. The lowest BCUT2D eigenvalue weighted by Crippen LogP contribution is -2.46. The molecule has 36 heavy (non-hydrogen) atoms. The standard InChI is InChI=1S/C25H26N4O4S3/c1-17-9-10-20(33-2)22-23(17)35-25(27-22)29(15-18-6-3-11-26-14-18)24(30)19-7-4-12-28(16-19)36(31,32)21-8-5-13-34-21/h3,5-6,8-11,13-14,19H,4,7,12,15-16H2,1-2H3. The Kier molecular flexibility index (Phi) is 7.07. The van der Waals surface area contributed by atoms with Crippen LogP contribution < -0.4 is 9.64 Å². The Hall–Kier alpha value is -2.86. The summed E-state index contributed by atoms with van der Waals surface area (Å²) in [6.07, 6.45) is 4.66. The molecule has 0 N–H and O–H groups in total. The van der Waals surface area contributed by atoms with Gasteiger partial charge in [0, 0.05) is 25.5 Å². The fraction of sp³-hybridized carbons (Fsp3) is 0.320. The number of thiophene rings is 1. The molecule has 1 saturated heterocycles. The second-order valence-electron chi connectivity index (χ2n) is 8.68. The highest BCUT2D eigenvalue weighted by Crippen LogP contribution is 2.38. The van der Waals surface area contributed by atoms with E-state index < -0.39 is 15.9 Å². The number of aryl methyl sites for hydroxylation is 1. The van der Waals surface area contributed by atoms with E-state index in [2.05, 4.69) is 4.98 Å². The fourth-order valence-corrected chi connectivity index (χ4v) is 8.14. The Balaban J connectivity index is 1.49. The van der Waals surface area contributed by atoms with Crippen LogP contribution in [-0.4, -0.2) is 48.8 Å². The number of pyridine rings is 1. The van der Waals surface area contributed by atoms with Gasteiger partial charge in [-0.25, -0.2) is 13.4 Å². The number of hydrogen-bond donors (Lipinski definition) is 0. The van der Waals surface area contributed by atoms with Crippen LogP contribution in [-0.2, 0) is 21.4 Å². The Morgan fingerprint density at radius 2 is 2.11 bits per heavy atom. The summed E-state index contributed by atoms with van der Waals surface area (Å²) in [7, 11) is -2.02. The predicted molar refractivity (Wildman–Crippen MR) is 142 cm³/mol. The smallest absolute Gasteiger partial charge is 0.252 e. The maximum Gasteiger partial charge on any atom is 0.252 e. The number of nitrogens with zero attached hydrogens (tertiary/aromatic N) is 4. The van der Waals surface area contributed by atoms with E-state index in [0.717, 1.165) is 15.8 Å². The molecule has 0 radical (unpaired) electrons. The van der Waals surface area contributed by atoms with E-state index in [1.54, 1.807) is 41.9 Å². The minimum absolute atomic E-state index is 0.138. The third kappa shape index (κ3) is 4.75. The van der Waals surface area contributed by atoms with Gasteiger partial charge < -0.3 is 4.74 Å². The molecule has 11 heteroatoms. The number of thiazole rings is 1. The molecule has 188 valence electrons. The summed E-state index contributed by atoms with van der Waals surface area (Å²) < 4.78 is 34.5. The number of benzene rings is 1. The number of carbonyl (C=O) groups excluding carboxylic acids is 1. The van der Waals surface area contributed by atoms with E-state index in [9.17, 15) is 13.2 Å². The Bertz CT molecular complexity index is 1470. The maximum atomic E-state index is 14.0. The van der Waals surface area contributed by atoms with Crippen LogP contribution in [0.5, 0.6) is 5.75 Å². The van der Waals surface area contributed by atoms with Crippen molar-refractivity contribution in [2.45, 2.75) is 30.5 Å². The summed E-state index contributed by atoms with van der Waals surface area (Å²) in [6.45, 7) is 2.85. The molecular formula is C25H26N4O4S3. The quantitative estimate of drug-likeness (QED) is 0.336. The molecule has 0 bridgehead atoms. The molecule has 5 rings (SSSR count). The minimum atomic E-state index is -3.63. The Labute approximate surface area is 218 Å². The molecule has 8 nitrogen and oxygen atoms in total. The molecule has 1 fully saturated rings. The van der Waals surface area contributed by atoms with Crippen molar-refractivity contribution in [3.63, 3.8) is 0 Å². The first-order valence-corrected chi connectivity index (χ1v) is 14.7. The molecule has 1 aromatic carbocycles. The van der Waals surface area contributed by atoms with E-state index in [4.69, 9.17) is 9.72 Å². The zero-order valence-electron chi connectivity index (χ0n) is 20.0. The molecule has 0 aliphatic carbocycles. The fourth-order valence-electron chi connectivity index (χ4n) is 4.41. The average molecular weight is 543 g/mol. The number of methoxy groups -OCH3 is 1. The average Bonchev–Trinajstić information content (AvgIpc) is 3.60. The number of fused-ring (bicyclic) bond motifs is 1. The molecule has 4 aromatic rings. The number of ether oxygens (including phenoxy) is 1. The molecular weight excluding hydrogens is 517 g/mol. The van der Waals surface area contributed by atoms with E-state index in [-0.39, 0.29) is 12.5 Å². The van der Waals surface area contributed by atoms with Gasteiger partial charge in [0.15, 0.2) is 5.13 Å². The van der Waals surface area contributed by atoms with Crippen LogP contribution in [0.15, 0.2) is 58.4 Å². The highest BCUT2D eigenvalue weighted by Gasteiger charge is 2.36. The molecule has 0 saturated carbocycles. The molecule has 1 aliphatic rings. The SMILES string of the molecule is COc1ccc(C)c2sc(N(Cc3cccnc3)C(=O)C3CCCN(S(=O)(=O)c4cccs4)C3)nc12. The molecule has 4 heterocycles. The van der Waals surface area contributed by atoms with Crippen LogP contribution in [0.1, 0.15) is 24.0 Å². The number of carbonyl (C=O) groups is 1. The lowest BCUT2D eigenvalue weighted by Gasteiger charge is -2.33. The molecule has 1 unspecified atom stereocenters. The van der Waals surface area contributed by atoms with Gasteiger partial charge in [0.25, 0.3) is 10.0 Å². The first-order valence-electron chi connectivity index (χ1n) is 11.6. The van der Waals surface area contributed by atoms with Crippen LogP contribution >= 0.6 is 22.7 Å². The van der Waals surface area contributed by atoms with E-state index in [1.807, 2.05) is 31.2 Å². The Morgan fingerprint density at radius 3 is 2.83 bits per heavy atom. The molecule has 0 spiro atoms. The number of anilines is 1. The van der Waals surface area contributed by atoms with Crippen LogP contribution in [0.2, 0.25) is 0 Å². The number of piperidine rings is 1. The molecule has 3 aromatic heterocycles. The van der Waals surface area contributed by atoms with Crippen molar-refractivity contribution in [2.75, 3.05) is 25.1 Å². The van der Waals surface area contributed by atoms with Gasteiger partial charge in [-0.15, -0.1) is 11.3 Å².